The molecule has 4 heteroatoms. The maximum Gasteiger partial charge on any atom is 0.129 e. The van der Waals surface area contributed by atoms with Crippen LogP contribution in [0.4, 0.5) is 4.39 Å². The largest absolute Gasteiger partial charge is 0.314 e. The molecule has 1 heterocycles. The molecule has 1 saturated heterocycles. The Bertz CT molecular complexity index is 396. The Kier molecular flexibility index (Phi) is 4.92. The molecule has 1 aliphatic heterocycles. The van der Waals surface area contributed by atoms with Crippen molar-refractivity contribution in [2.24, 2.45) is 0 Å². The van der Waals surface area contributed by atoms with Crippen LogP contribution in [0, 0.1) is 5.82 Å². The summed E-state index contributed by atoms with van der Waals surface area (Å²) < 4.78 is 14.9. The van der Waals surface area contributed by atoms with Gasteiger partial charge >= 0.3 is 0 Å². The highest BCUT2D eigenvalue weighted by Crippen LogP contribution is 2.33. The molecule has 0 spiro atoms. The van der Waals surface area contributed by atoms with E-state index < -0.39 is 0 Å². The van der Waals surface area contributed by atoms with Crippen LogP contribution in [0.2, 0.25) is 0 Å². The van der Waals surface area contributed by atoms with Crippen LogP contribution in [0.5, 0.6) is 0 Å². The SMILES string of the molecule is C=CC[C@H](c1c(F)cccc1Br)N1CCNCC1. The molecule has 1 aromatic carbocycles. The van der Waals surface area contributed by atoms with E-state index in [0.29, 0.717) is 0 Å². The summed E-state index contributed by atoms with van der Waals surface area (Å²) >= 11 is 3.47. The molecule has 2 rings (SSSR count). The van der Waals surface area contributed by atoms with Crippen molar-refractivity contribution in [1.29, 1.82) is 0 Å². The first kappa shape index (κ1) is 13.7. The number of piperazine rings is 1. The minimum atomic E-state index is -0.144. The van der Waals surface area contributed by atoms with Crippen LogP contribution >= 0.6 is 15.9 Å². The molecule has 0 aromatic heterocycles. The average molecular weight is 313 g/mol. The summed E-state index contributed by atoms with van der Waals surface area (Å²) in [5.41, 5.74) is 0.749. The standard InChI is InChI=1S/C14H18BrFN2/c1-2-4-13(18-9-7-17-8-10-18)14-11(15)5-3-6-12(14)16/h2-3,5-6,13,17H,1,4,7-10H2/t13-/m1/s1. The monoisotopic (exact) mass is 312 g/mol. The molecule has 1 atom stereocenters. The summed E-state index contributed by atoms with van der Waals surface area (Å²) in [5.74, 6) is -0.144. The lowest BCUT2D eigenvalue weighted by molar-refractivity contribution is 0.171. The third-order valence-corrected chi connectivity index (χ3v) is 4.01. The Morgan fingerprint density at radius 1 is 1.44 bits per heavy atom. The highest BCUT2D eigenvalue weighted by Gasteiger charge is 2.25. The molecule has 1 fully saturated rings. The van der Waals surface area contributed by atoms with Crippen molar-refractivity contribution in [2.45, 2.75) is 12.5 Å². The van der Waals surface area contributed by atoms with Crippen LogP contribution in [0.3, 0.4) is 0 Å². The number of halogens is 2. The van der Waals surface area contributed by atoms with Gasteiger partial charge < -0.3 is 5.32 Å². The van der Waals surface area contributed by atoms with Crippen molar-refractivity contribution in [3.8, 4) is 0 Å². The van der Waals surface area contributed by atoms with Gasteiger partial charge in [0, 0.05) is 42.3 Å². The molecule has 1 aromatic rings. The van der Waals surface area contributed by atoms with Gasteiger partial charge in [0.25, 0.3) is 0 Å². The Labute approximate surface area is 116 Å². The van der Waals surface area contributed by atoms with Crippen LogP contribution in [0.1, 0.15) is 18.0 Å². The highest BCUT2D eigenvalue weighted by molar-refractivity contribution is 9.10. The molecule has 0 aliphatic carbocycles. The third kappa shape index (κ3) is 2.99. The van der Waals surface area contributed by atoms with Crippen molar-refractivity contribution in [3.63, 3.8) is 0 Å². The van der Waals surface area contributed by atoms with Crippen LogP contribution in [-0.2, 0) is 0 Å². The smallest absolute Gasteiger partial charge is 0.129 e. The van der Waals surface area contributed by atoms with Gasteiger partial charge in [0.2, 0.25) is 0 Å². The van der Waals surface area contributed by atoms with Crippen molar-refractivity contribution in [3.05, 3.63) is 46.7 Å². The van der Waals surface area contributed by atoms with Crippen molar-refractivity contribution >= 4 is 15.9 Å². The molecule has 18 heavy (non-hydrogen) atoms. The zero-order valence-corrected chi connectivity index (χ0v) is 11.9. The fourth-order valence-electron chi connectivity index (χ4n) is 2.43. The van der Waals surface area contributed by atoms with Gasteiger partial charge in [-0.05, 0) is 18.6 Å². The minimum absolute atomic E-state index is 0.0696. The minimum Gasteiger partial charge on any atom is -0.314 e. The third-order valence-electron chi connectivity index (χ3n) is 3.32. The second-order valence-electron chi connectivity index (χ2n) is 4.46. The van der Waals surface area contributed by atoms with Gasteiger partial charge in [-0.15, -0.1) is 6.58 Å². The zero-order chi connectivity index (χ0) is 13.0. The number of nitrogens with zero attached hydrogens (tertiary/aromatic N) is 1. The lowest BCUT2D eigenvalue weighted by Gasteiger charge is -2.35. The molecular weight excluding hydrogens is 295 g/mol. The lowest BCUT2D eigenvalue weighted by Crippen LogP contribution is -2.45. The predicted molar refractivity (Wildman–Crippen MR) is 76.1 cm³/mol. The van der Waals surface area contributed by atoms with E-state index in [2.05, 4.69) is 32.7 Å². The summed E-state index contributed by atoms with van der Waals surface area (Å²) in [5, 5.41) is 3.32. The topological polar surface area (TPSA) is 15.3 Å². The molecule has 0 bridgehead atoms. The molecule has 0 saturated carbocycles. The number of hydrogen-bond acceptors (Lipinski definition) is 2. The first-order valence-electron chi connectivity index (χ1n) is 6.23. The Morgan fingerprint density at radius 2 is 2.17 bits per heavy atom. The predicted octanol–water partition coefficient (Wildman–Crippen LogP) is 3.11. The van der Waals surface area contributed by atoms with Gasteiger partial charge in [0.1, 0.15) is 5.82 Å². The summed E-state index contributed by atoms with van der Waals surface area (Å²) in [6, 6.07) is 5.22. The maximum atomic E-state index is 14.1. The van der Waals surface area contributed by atoms with Crippen LogP contribution in [0.15, 0.2) is 35.3 Å². The fraction of sp³-hybridized carbons (Fsp3) is 0.429. The van der Waals surface area contributed by atoms with E-state index in [4.69, 9.17) is 0 Å². The summed E-state index contributed by atoms with van der Waals surface area (Å²) in [4.78, 5) is 2.32. The molecule has 0 radical (unpaired) electrons. The first-order valence-corrected chi connectivity index (χ1v) is 7.03. The zero-order valence-electron chi connectivity index (χ0n) is 10.3. The molecule has 2 nitrogen and oxygen atoms in total. The quantitative estimate of drug-likeness (QED) is 0.859. The van der Waals surface area contributed by atoms with Gasteiger partial charge in [-0.2, -0.15) is 0 Å². The van der Waals surface area contributed by atoms with Gasteiger partial charge in [-0.25, -0.2) is 4.39 Å². The van der Waals surface area contributed by atoms with E-state index in [1.165, 1.54) is 6.07 Å². The van der Waals surface area contributed by atoms with Crippen LogP contribution in [0.25, 0.3) is 0 Å². The van der Waals surface area contributed by atoms with E-state index in [1.807, 2.05) is 12.1 Å². The number of benzene rings is 1. The first-order chi connectivity index (χ1) is 8.74. The summed E-state index contributed by atoms with van der Waals surface area (Å²) in [7, 11) is 0. The van der Waals surface area contributed by atoms with Crippen molar-refractivity contribution in [2.75, 3.05) is 26.2 Å². The van der Waals surface area contributed by atoms with E-state index >= 15 is 0 Å². The average Bonchev–Trinajstić information content (AvgIpc) is 2.38. The van der Waals surface area contributed by atoms with Gasteiger partial charge in [-0.1, -0.05) is 28.1 Å². The Morgan fingerprint density at radius 3 is 2.78 bits per heavy atom. The van der Waals surface area contributed by atoms with Crippen LogP contribution < -0.4 is 5.32 Å². The molecular formula is C14H18BrFN2. The Balaban J connectivity index is 2.30. The van der Waals surface area contributed by atoms with E-state index in [1.54, 1.807) is 6.07 Å². The number of hydrogen-bond donors (Lipinski definition) is 1. The molecule has 0 unspecified atom stereocenters. The summed E-state index contributed by atoms with van der Waals surface area (Å²) in [6.45, 7) is 7.60. The van der Waals surface area contributed by atoms with Crippen LogP contribution in [-0.4, -0.2) is 31.1 Å². The van der Waals surface area contributed by atoms with Gasteiger partial charge in [-0.3, -0.25) is 4.90 Å². The fourth-order valence-corrected chi connectivity index (χ4v) is 3.04. The van der Waals surface area contributed by atoms with Crippen molar-refractivity contribution in [1.82, 2.24) is 10.2 Å². The van der Waals surface area contributed by atoms with E-state index in [0.717, 1.165) is 42.6 Å². The maximum absolute atomic E-state index is 14.1. The van der Waals surface area contributed by atoms with Gasteiger partial charge in [0.05, 0.1) is 0 Å². The van der Waals surface area contributed by atoms with E-state index in [-0.39, 0.29) is 11.9 Å². The molecule has 1 aliphatic rings. The van der Waals surface area contributed by atoms with Crippen molar-refractivity contribution < 1.29 is 4.39 Å². The number of rotatable bonds is 4. The molecule has 0 amide bonds. The lowest BCUT2D eigenvalue weighted by atomic mass is 10.0. The summed E-state index contributed by atoms with van der Waals surface area (Å²) in [6.07, 6.45) is 2.63. The highest BCUT2D eigenvalue weighted by atomic mass is 79.9. The van der Waals surface area contributed by atoms with E-state index in [9.17, 15) is 4.39 Å². The number of nitrogens with one attached hydrogen (secondary N) is 1. The second kappa shape index (κ2) is 6.45. The second-order valence-corrected chi connectivity index (χ2v) is 5.32. The van der Waals surface area contributed by atoms with Gasteiger partial charge in [0.15, 0.2) is 0 Å². The molecule has 98 valence electrons. The molecule has 1 N–H and O–H groups in total. The Hall–Kier alpha value is -0.710. The normalized spacial score (nSPS) is 18.6.